The van der Waals surface area contributed by atoms with Crippen LogP contribution in [0.15, 0.2) is 77.6 Å². The highest BCUT2D eigenvalue weighted by molar-refractivity contribution is 5.85. The van der Waals surface area contributed by atoms with Gasteiger partial charge in [0.05, 0.1) is 17.6 Å². The van der Waals surface area contributed by atoms with Crippen molar-refractivity contribution in [2.24, 2.45) is 0 Å². The predicted molar refractivity (Wildman–Crippen MR) is 113 cm³/mol. The number of para-hydroxylation sites is 2. The molecule has 5 nitrogen and oxygen atoms in total. The molecule has 0 aliphatic carbocycles. The Labute approximate surface area is 175 Å². The topological polar surface area (TPSA) is 56.1 Å². The molecule has 0 aliphatic heterocycles. The lowest BCUT2D eigenvalue weighted by Gasteiger charge is -2.20. The molecule has 0 fully saturated rings. The van der Waals surface area contributed by atoms with E-state index < -0.39 is 22.6 Å². The van der Waals surface area contributed by atoms with Crippen LogP contribution in [0.25, 0.3) is 16.7 Å². The number of pyridine rings is 2. The molecule has 0 amide bonds. The number of rotatable bonds is 5. The van der Waals surface area contributed by atoms with Crippen molar-refractivity contribution in [3.63, 3.8) is 0 Å². The van der Waals surface area contributed by atoms with Crippen LogP contribution in [-0.4, -0.2) is 16.2 Å². The van der Waals surface area contributed by atoms with E-state index in [1.165, 1.54) is 4.57 Å². The van der Waals surface area contributed by atoms with Crippen LogP contribution in [0.3, 0.4) is 0 Å². The van der Waals surface area contributed by atoms with Crippen LogP contribution in [0.5, 0.6) is 5.88 Å². The molecule has 4 aromatic rings. The lowest BCUT2D eigenvalue weighted by molar-refractivity contribution is -0.136. The quantitative estimate of drug-likeness (QED) is 0.456. The summed E-state index contributed by atoms with van der Waals surface area (Å²) >= 11 is 0. The number of ether oxygens (including phenoxy) is 1. The van der Waals surface area contributed by atoms with Gasteiger partial charge in [-0.15, -0.1) is 0 Å². The second kappa shape index (κ2) is 8.14. The second-order valence-corrected chi connectivity index (χ2v) is 6.69. The van der Waals surface area contributed by atoms with Crippen LogP contribution in [0.4, 0.5) is 24.7 Å². The Bertz CT molecular complexity index is 1270. The van der Waals surface area contributed by atoms with Gasteiger partial charge in [0.1, 0.15) is 5.82 Å². The summed E-state index contributed by atoms with van der Waals surface area (Å²) in [7, 11) is 0. The fourth-order valence-electron chi connectivity index (χ4n) is 3.33. The Morgan fingerprint density at radius 2 is 1.65 bits per heavy atom. The number of halogens is 3. The van der Waals surface area contributed by atoms with E-state index in [1.54, 1.807) is 49.4 Å². The zero-order chi connectivity index (χ0) is 22.0. The number of anilines is 2. The van der Waals surface area contributed by atoms with Crippen LogP contribution in [0, 0.1) is 0 Å². The minimum absolute atomic E-state index is 0.132. The maximum absolute atomic E-state index is 13.9. The summed E-state index contributed by atoms with van der Waals surface area (Å²) in [6.45, 7) is 1.78. The maximum atomic E-state index is 13.9. The van der Waals surface area contributed by atoms with Crippen molar-refractivity contribution in [2.45, 2.75) is 13.1 Å². The first-order chi connectivity index (χ1) is 14.9. The third-order valence-electron chi connectivity index (χ3n) is 4.60. The Morgan fingerprint density at radius 1 is 1.00 bits per heavy atom. The Hall–Kier alpha value is -3.81. The molecule has 0 saturated carbocycles. The standard InChI is InChI=1S/C23H18F3N3O2/c1-2-31-20-13-17(23(24,25)26)21-18(30)14-19(27-15-9-5-3-6-10-15)29(22(21)28-20)16-11-7-4-8-12-16/h3-14,27H,2H2,1H3. The van der Waals surface area contributed by atoms with Gasteiger partial charge in [-0.2, -0.15) is 18.2 Å². The lowest BCUT2D eigenvalue weighted by atomic mass is 10.1. The molecule has 4 rings (SSSR count). The van der Waals surface area contributed by atoms with Gasteiger partial charge in [-0.1, -0.05) is 36.4 Å². The van der Waals surface area contributed by atoms with E-state index in [-0.39, 0.29) is 24.0 Å². The molecule has 0 saturated heterocycles. The van der Waals surface area contributed by atoms with Crippen molar-refractivity contribution in [3.05, 3.63) is 88.6 Å². The fourth-order valence-corrected chi connectivity index (χ4v) is 3.33. The summed E-state index contributed by atoms with van der Waals surface area (Å²) < 4.78 is 48.3. The Kier molecular flexibility index (Phi) is 5.37. The predicted octanol–water partition coefficient (Wildman–Crippen LogP) is 5.55. The third-order valence-corrected chi connectivity index (χ3v) is 4.60. The molecular formula is C23H18F3N3O2. The monoisotopic (exact) mass is 425 g/mol. The average molecular weight is 425 g/mol. The number of hydrogen-bond acceptors (Lipinski definition) is 4. The maximum Gasteiger partial charge on any atom is 0.417 e. The molecule has 2 aromatic heterocycles. The van der Waals surface area contributed by atoms with Gasteiger partial charge in [-0.3, -0.25) is 9.36 Å². The van der Waals surface area contributed by atoms with Crippen LogP contribution in [0.2, 0.25) is 0 Å². The molecule has 31 heavy (non-hydrogen) atoms. The van der Waals surface area contributed by atoms with Crippen molar-refractivity contribution in [1.29, 1.82) is 0 Å². The molecular weight excluding hydrogens is 407 g/mol. The Morgan fingerprint density at radius 3 is 2.26 bits per heavy atom. The van der Waals surface area contributed by atoms with Crippen molar-refractivity contribution in [2.75, 3.05) is 11.9 Å². The van der Waals surface area contributed by atoms with E-state index in [0.717, 1.165) is 12.1 Å². The van der Waals surface area contributed by atoms with Crippen molar-refractivity contribution >= 4 is 22.5 Å². The zero-order valence-electron chi connectivity index (χ0n) is 16.5. The van der Waals surface area contributed by atoms with E-state index in [1.807, 2.05) is 18.2 Å². The molecule has 8 heteroatoms. The molecule has 0 spiro atoms. The molecule has 0 unspecified atom stereocenters. The third kappa shape index (κ3) is 4.09. The van der Waals surface area contributed by atoms with Gasteiger partial charge in [0.15, 0.2) is 11.1 Å². The number of fused-ring (bicyclic) bond motifs is 1. The molecule has 158 valence electrons. The van der Waals surface area contributed by atoms with E-state index in [2.05, 4.69) is 10.3 Å². The first kappa shape index (κ1) is 20.5. The largest absolute Gasteiger partial charge is 0.478 e. The molecule has 2 aromatic carbocycles. The molecule has 0 aliphatic rings. The summed E-state index contributed by atoms with van der Waals surface area (Å²) in [6.07, 6.45) is -4.75. The summed E-state index contributed by atoms with van der Waals surface area (Å²) in [5, 5.41) is 2.60. The highest BCUT2D eigenvalue weighted by atomic mass is 19.4. The van der Waals surface area contributed by atoms with Crippen LogP contribution < -0.4 is 15.5 Å². The van der Waals surface area contributed by atoms with Crippen molar-refractivity contribution in [1.82, 2.24) is 9.55 Å². The highest BCUT2D eigenvalue weighted by Gasteiger charge is 2.36. The fraction of sp³-hybridized carbons (Fsp3) is 0.130. The zero-order valence-corrected chi connectivity index (χ0v) is 16.5. The SMILES string of the molecule is CCOc1cc(C(F)(F)F)c2c(=O)cc(Nc3ccccc3)n(-c3ccccc3)c2n1. The van der Waals surface area contributed by atoms with Gasteiger partial charge >= 0.3 is 6.18 Å². The van der Waals surface area contributed by atoms with Gasteiger partial charge in [-0.25, -0.2) is 0 Å². The summed E-state index contributed by atoms with van der Waals surface area (Å²) in [5.41, 5.74) is -0.802. The Balaban J connectivity index is 2.10. The van der Waals surface area contributed by atoms with Crippen molar-refractivity contribution in [3.8, 4) is 11.6 Å². The van der Waals surface area contributed by atoms with Crippen LogP contribution in [-0.2, 0) is 6.18 Å². The van der Waals surface area contributed by atoms with E-state index >= 15 is 0 Å². The van der Waals surface area contributed by atoms with E-state index in [4.69, 9.17) is 4.74 Å². The minimum Gasteiger partial charge on any atom is -0.478 e. The summed E-state index contributed by atoms with van der Waals surface area (Å²) in [4.78, 5) is 17.2. The number of benzene rings is 2. The van der Waals surface area contributed by atoms with E-state index in [9.17, 15) is 18.0 Å². The summed E-state index contributed by atoms with van der Waals surface area (Å²) in [5.74, 6) is 0.0763. The average Bonchev–Trinajstić information content (AvgIpc) is 2.74. The van der Waals surface area contributed by atoms with Gasteiger partial charge < -0.3 is 10.1 Å². The smallest absolute Gasteiger partial charge is 0.417 e. The van der Waals surface area contributed by atoms with Crippen LogP contribution in [0.1, 0.15) is 12.5 Å². The number of aromatic nitrogens is 2. The van der Waals surface area contributed by atoms with Crippen LogP contribution >= 0.6 is 0 Å². The number of alkyl halides is 3. The number of nitrogens with zero attached hydrogens (tertiary/aromatic N) is 2. The van der Waals surface area contributed by atoms with E-state index in [0.29, 0.717) is 11.4 Å². The minimum atomic E-state index is -4.75. The molecule has 0 radical (unpaired) electrons. The lowest BCUT2D eigenvalue weighted by Crippen LogP contribution is -2.19. The van der Waals surface area contributed by atoms with Gasteiger partial charge in [0, 0.05) is 23.5 Å². The van der Waals surface area contributed by atoms with Gasteiger partial charge in [0.2, 0.25) is 5.88 Å². The first-order valence-electron chi connectivity index (χ1n) is 9.57. The molecule has 0 bridgehead atoms. The first-order valence-corrected chi connectivity index (χ1v) is 9.57. The second-order valence-electron chi connectivity index (χ2n) is 6.69. The number of hydrogen-bond donors (Lipinski definition) is 1. The summed E-state index contributed by atoms with van der Waals surface area (Å²) in [6, 6.07) is 19.7. The number of nitrogens with one attached hydrogen (secondary N) is 1. The molecule has 2 heterocycles. The normalized spacial score (nSPS) is 11.5. The van der Waals surface area contributed by atoms with Gasteiger partial charge in [0.25, 0.3) is 0 Å². The van der Waals surface area contributed by atoms with Crippen molar-refractivity contribution < 1.29 is 17.9 Å². The highest BCUT2D eigenvalue weighted by Crippen LogP contribution is 2.36. The molecule has 1 N–H and O–H groups in total. The van der Waals surface area contributed by atoms with Gasteiger partial charge in [-0.05, 0) is 31.2 Å². The molecule has 0 atom stereocenters.